The summed E-state index contributed by atoms with van der Waals surface area (Å²) in [7, 11) is 0. The molecule has 0 saturated carbocycles. The Morgan fingerprint density at radius 2 is 1.97 bits per heavy atom. The summed E-state index contributed by atoms with van der Waals surface area (Å²) in [5.41, 5.74) is 2.40. The SMILES string of the molecule is O=C1NC(c2cc(F)ccc2Cl)c2c(NC(=O)n3ncc4ccccc43)cccc21. The van der Waals surface area contributed by atoms with Crippen molar-refractivity contribution < 1.29 is 14.0 Å². The number of fused-ring (bicyclic) bond motifs is 2. The van der Waals surface area contributed by atoms with Crippen molar-refractivity contribution in [1.82, 2.24) is 15.1 Å². The molecule has 5 rings (SSSR count). The maximum atomic E-state index is 13.9. The second-order valence-electron chi connectivity index (χ2n) is 6.88. The van der Waals surface area contributed by atoms with Crippen LogP contribution in [0.2, 0.25) is 5.02 Å². The van der Waals surface area contributed by atoms with E-state index in [0.717, 1.165) is 5.39 Å². The van der Waals surface area contributed by atoms with Crippen LogP contribution in [0.1, 0.15) is 27.5 Å². The number of rotatable bonds is 2. The lowest BCUT2D eigenvalue weighted by Crippen LogP contribution is -2.23. The van der Waals surface area contributed by atoms with Crippen LogP contribution in [-0.4, -0.2) is 21.7 Å². The molecule has 0 spiro atoms. The van der Waals surface area contributed by atoms with Crippen LogP contribution in [0.15, 0.2) is 66.9 Å². The molecule has 1 aliphatic rings. The highest BCUT2D eigenvalue weighted by Crippen LogP contribution is 2.39. The third-order valence-electron chi connectivity index (χ3n) is 5.10. The van der Waals surface area contributed by atoms with Gasteiger partial charge in [0.1, 0.15) is 5.82 Å². The van der Waals surface area contributed by atoms with Gasteiger partial charge in [-0.25, -0.2) is 9.18 Å². The molecule has 6 nitrogen and oxygen atoms in total. The Hall–Kier alpha value is -3.71. The van der Waals surface area contributed by atoms with Gasteiger partial charge in [0.2, 0.25) is 0 Å². The molecular weight excluding hydrogens is 407 g/mol. The summed E-state index contributed by atoms with van der Waals surface area (Å²) in [4.78, 5) is 25.4. The van der Waals surface area contributed by atoms with Crippen LogP contribution >= 0.6 is 11.6 Å². The highest BCUT2D eigenvalue weighted by atomic mass is 35.5. The number of para-hydroxylation sites is 1. The summed E-state index contributed by atoms with van der Waals surface area (Å²) in [6, 6.07) is 15.1. The molecule has 8 heteroatoms. The average Bonchev–Trinajstić information content (AvgIpc) is 3.32. The average molecular weight is 421 g/mol. The number of anilines is 1. The smallest absolute Gasteiger partial charge is 0.341 e. The predicted molar refractivity (Wildman–Crippen MR) is 111 cm³/mol. The van der Waals surface area contributed by atoms with E-state index in [2.05, 4.69) is 15.7 Å². The van der Waals surface area contributed by atoms with Crippen LogP contribution in [0, 0.1) is 5.82 Å². The van der Waals surface area contributed by atoms with E-state index in [1.54, 1.807) is 30.5 Å². The quantitative estimate of drug-likeness (QED) is 0.491. The predicted octanol–water partition coefficient (Wildman–Crippen LogP) is 4.74. The van der Waals surface area contributed by atoms with Gasteiger partial charge >= 0.3 is 6.03 Å². The number of carbonyl (C=O) groups is 2. The van der Waals surface area contributed by atoms with E-state index < -0.39 is 17.9 Å². The molecule has 148 valence electrons. The minimum atomic E-state index is -0.693. The normalized spacial score (nSPS) is 15.1. The largest absolute Gasteiger partial charge is 0.347 e. The first kappa shape index (κ1) is 18.3. The van der Waals surface area contributed by atoms with Crippen molar-refractivity contribution in [3.8, 4) is 0 Å². The van der Waals surface area contributed by atoms with E-state index >= 15 is 0 Å². The number of hydrogen-bond donors (Lipinski definition) is 2. The summed E-state index contributed by atoms with van der Waals surface area (Å²) in [6.07, 6.45) is 1.60. The molecule has 1 aromatic heterocycles. The molecule has 1 atom stereocenters. The number of benzene rings is 3. The van der Waals surface area contributed by atoms with Crippen LogP contribution in [0.4, 0.5) is 14.9 Å². The van der Waals surface area contributed by atoms with Gasteiger partial charge in [0.15, 0.2) is 0 Å². The lowest BCUT2D eigenvalue weighted by Gasteiger charge is -2.18. The highest BCUT2D eigenvalue weighted by molar-refractivity contribution is 6.31. The fraction of sp³-hybridized carbons (Fsp3) is 0.0455. The van der Waals surface area contributed by atoms with Crippen LogP contribution in [0.3, 0.4) is 0 Å². The zero-order chi connectivity index (χ0) is 20.8. The third kappa shape index (κ3) is 2.91. The number of nitrogens with one attached hydrogen (secondary N) is 2. The molecule has 3 aromatic carbocycles. The lowest BCUT2D eigenvalue weighted by molar-refractivity contribution is 0.0960. The molecule has 0 radical (unpaired) electrons. The highest BCUT2D eigenvalue weighted by Gasteiger charge is 2.34. The van der Waals surface area contributed by atoms with Crippen molar-refractivity contribution in [2.45, 2.75) is 6.04 Å². The van der Waals surface area contributed by atoms with Gasteiger partial charge in [-0.2, -0.15) is 9.78 Å². The molecule has 0 bridgehead atoms. The standard InChI is InChI=1S/C22H14ClFN4O2/c23-16-9-8-13(24)10-15(16)20-19-14(21(29)27-20)5-3-6-17(19)26-22(30)28-18-7-2-1-4-12(18)11-25-28/h1-11,20H,(H,26,30)(H,27,29). The molecular formula is C22H14ClFN4O2. The first-order valence-corrected chi connectivity index (χ1v) is 9.53. The fourth-order valence-electron chi connectivity index (χ4n) is 3.74. The van der Waals surface area contributed by atoms with Gasteiger partial charge in [-0.15, -0.1) is 0 Å². The third-order valence-corrected chi connectivity index (χ3v) is 5.44. The van der Waals surface area contributed by atoms with Gasteiger partial charge in [0.25, 0.3) is 5.91 Å². The Kier molecular flexibility index (Phi) is 4.25. The Labute approximate surface area is 175 Å². The summed E-state index contributed by atoms with van der Waals surface area (Å²) >= 11 is 6.28. The number of nitrogens with zero attached hydrogens (tertiary/aromatic N) is 2. The number of carbonyl (C=O) groups excluding carboxylic acids is 2. The minimum absolute atomic E-state index is 0.314. The first-order valence-electron chi connectivity index (χ1n) is 9.16. The summed E-state index contributed by atoms with van der Waals surface area (Å²) < 4.78 is 15.1. The van der Waals surface area contributed by atoms with E-state index in [1.807, 2.05) is 18.2 Å². The molecule has 30 heavy (non-hydrogen) atoms. The zero-order valence-corrected chi connectivity index (χ0v) is 16.2. The molecule has 0 aliphatic carbocycles. The van der Waals surface area contributed by atoms with Crippen molar-refractivity contribution in [2.75, 3.05) is 5.32 Å². The van der Waals surface area contributed by atoms with Gasteiger partial charge in [-0.1, -0.05) is 35.9 Å². The summed E-state index contributed by atoms with van der Waals surface area (Å²) in [5, 5.41) is 10.9. The second-order valence-corrected chi connectivity index (χ2v) is 7.29. The molecule has 4 aromatic rings. The fourth-order valence-corrected chi connectivity index (χ4v) is 3.96. The molecule has 2 N–H and O–H groups in total. The van der Waals surface area contributed by atoms with Crippen LogP contribution < -0.4 is 10.6 Å². The second kappa shape index (κ2) is 6.96. The Bertz CT molecular complexity index is 1330. The number of hydrogen-bond acceptors (Lipinski definition) is 3. The summed E-state index contributed by atoms with van der Waals surface area (Å²) in [5.74, 6) is -0.794. The van der Waals surface area contributed by atoms with E-state index in [9.17, 15) is 14.0 Å². The van der Waals surface area contributed by atoms with Crippen molar-refractivity contribution in [3.05, 3.63) is 94.4 Å². The van der Waals surface area contributed by atoms with Gasteiger partial charge in [0.05, 0.1) is 17.8 Å². The maximum Gasteiger partial charge on any atom is 0.347 e. The number of amides is 2. The van der Waals surface area contributed by atoms with E-state index in [4.69, 9.17) is 11.6 Å². The lowest BCUT2D eigenvalue weighted by atomic mass is 9.96. The van der Waals surface area contributed by atoms with Gasteiger partial charge in [-0.3, -0.25) is 4.79 Å². The van der Waals surface area contributed by atoms with Gasteiger partial charge in [-0.05, 0) is 36.4 Å². The summed E-state index contributed by atoms with van der Waals surface area (Å²) in [6.45, 7) is 0. The number of aromatic nitrogens is 2. The molecule has 1 aliphatic heterocycles. The van der Waals surface area contributed by atoms with E-state index in [0.29, 0.717) is 32.9 Å². The van der Waals surface area contributed by atoms with Crippen molar-refractivity contribution in [3.63, 3.8) is 0 Å². The van der Waals surface area contributed by atoms with Crippen molar-refractivity contribution in [2.24, 2.45) is 0 Å². The van der Waals surface area contributed by atoms with Crippen molar-refractivity contribution >= 4 is 40.1 Å². The maximum absolute atomic E-state index is 13.9. The molecule has 2 heterocycles. The zero-order valence-electron chi connectivity index (χ0n) is 15.4. The van der Waals surface area contributed by atoms with E-state index in [1.165, 1.54) is 22.9 Å². The first-order chi connectivity index (χ1) is 14.5. The molecule has 2 amide bonds. The van der Waals surface area contributed by atoms with E-state index in [-0.39, 0.29) is 5.91 Å². The Balaban J connectivity index is 1.57. The van der Waals surface area contributed by atoms with Crippen molar-refractivity contribution in [1.29, 1.82) is 0 Å². The van der Waals surface area contributed by atoms with Crippen LogP contribution in [-0.2, 0) is 0 Å². The monoisotopic (exact) mass is 420 g/mol. The Morgan fingerprint density at radius 1 is 1.13 bits per heavy atom. The minimum Gasteiger partial charge on any atom is -0.341 e. The van der Waals surface area contributed by atoms with Crippen LogP contribution in [0.5, 0.6) is 0 Å². The topological polar surface area (TPSA) is 76.0 Å². The molecule has 0 saturated heterocycles. The molecule has 1 unspecified atom stereocenters. The molecule has 0 fully saturated rings. The van der Waals surface area contributed by atoms with Gasteiger partial charge < -0.3 is 10.6 Å². The number of halogens is 2. The van der Waals surface area contributed by atoms with Crippen LogP contribution in [0.25, 0.3) is 10.9 Å². The van der Waals surface area contributed by atoms with Gasteiger partial charge in [0, 0.05) is 32.8 Å². The Morgan fingerprint density at radius 3 is 2.83 bits per heavy atom.